The molecule has 0 saturated carbocycles. The molecule has 1 heterocycles. The molecule has 2 heteroatoms. The lowest BCUT2D eigenvalue weighted by Gasteiger charge is -2.30. The average molecular weight is 198 g/mol. The molecule has 1 fully saturated rings. The molecule has 0 bridgehead atoms. The summed E-state index contributed by atoms with van der Waals surface area (Å²) in [6.07, 6.45) is 2.74. The quantitative estimate of drug-likeness (QED) is 0.743. The molecule has 0 aliphatic carbocycles. The zero-order valence-electron chi connectivity index (χ0n) is 10.2. The predicted molar refractivity (Wildman–Crippen MR) is 62.5 cm³/mol. The molecule has 14 heavy (non-hydrogen) atoms. The van der Waals surface area contributed by atoms with Gasteiger partial charge in [-0.05, 0) is 58.3 Å². The Bertz CT molecular complexity index is 148. The Labute approximate surface area is 89.1 Å². The Morgan fingerprint density at radius 3 is 2.29 bits per heavy atom. The standard InChI is InChI=1S/C12H26N2/c1-10(2)11(3)13-9-12-5-7-14(4)8-6-12/h10-13H,5-9H2,1-4H3. The number of piperidine rings is 1. The average Bonchev–Trinajstić information content (AvgIpc) is 2.16. The summed E-state index contributed by atoms with van der Waals surface area (Å²) in [5.41, 5.74) is 0. The zero-order valence-corrected chi connectivity index (χ0v) is 10.2. The molecule has 0 aromatic carbocycles. The first-order valence-electron chi connectivity index (χ1n) is 6.01. The molecule has 0 amide bonds. The van der Waals surface area contributed by atoms with E-state index in [0.29, 0.717) is 6.04 Å². The molecule has 1 unspecified atom stereocenters. The molecule has 0 aromatic heterocycles. The monoisotopic (exact) mass is 198 g/mol. The number of rotatable bonds is 4. The third-order valence-corrected chi connectivity index (χ3v) is 3.57. The van der Waals surface area contributed by atoms with E-state index in [2.05, 4.69) is 38.0 Å². The Morgan fingerprint density at radius 1 is 1.21 bits per heavy atom. The molecular weight excluding hydrogens is 172 g/mol. The smallest absolute Gasteiger partial charge is 0.00618 e. The summed E-state index contributed by atoms with van der Waals surface area (Å²) >= 11 is 0. The maximum absolute atomic E-state index is 3.65. The van der Waals surface area contributed by atoms with Crippen molar-refractivity contribution >= 4 is 0 Å². The number of hydrogen-bond donors (Lipinski definition) is 1. The van der Waals surface area contributed by atoms with E-state index in [1.54, 1.807) is 0 Å². The van der Waals surface area contributed by atoms with E-state index in [1.165, 1.54) is 32.5 Å². The molecule has 1 atom stereocenters. The SMILES string of the molecule is CC(C)C(C)NCC1CCN(C)CC1. The van der Waals surface area contributed by atoms with Crippen LogP contribution in [0.5, 0.6) is 0 Å². The van der Waals surface area contributed by atoms with Crippen LogP contribution in [0, 0.1) is 11.8 Å². The maximum atomic E-state index is 3.65. The molecular formula is C12H26N2. The van der Waals surface area contributed by atoms with E-state index < -0.39 is 0 Å². The van der Waals surface area contributed by atoms with Crippen LogP contribution in [0.3, 0.4) is 0 Å². The first-order valence-corrected chi connectivity index (χ1v) is 6.01. The van der Waals surface area contributed by atoms with Crippen LogP contribution in [0.25, 0.3) is 0 Å². The summed E-state index contributed by atoms with van der Waals surface area (Å²) in [5, 5.41) is 3.65. The lowest BCUT2D eigenvalue weighted by atomic mass is 9.96. The first kappa shape index (κ1) is 12.0. The largest absolute Gasteiger partial charge is 0.314 e. The van der Waals surface area contributed by atoms with E-state index in [1.807, 2.05) is 0 Å². The number of nitrogens with one attached hydrogen (secondary N) is 1. The summed E-state index contributed by atoms with van der Waals surface area (Å²) in [6, 6.07) is 0.662. The van der Waals surface area contributed by atoms with Gasteiger partial charge in [0.15, 0.2) is 0 Å². The van der Waals surface area contributed by atoms with Crippen LogP contribution in [0.15, 0.2) is 0 Å². The minimum Gasteiger partial charge on any atom is -0.314 e. The fourth-order valence-corrected chi connectivity index (χ4v) is 1.85. The molecule has 84 valence electrons. The lowest BCUT2D eigenvalue weighted by Crippen LogP contribution is -2.39. The highest BCUT2D eigenvalue weighted by Gasteiger charge is 2.17. The highest BCUT2D eigenvalue weighted by molar-refractivity contribution is 4.74. The van der Waals surface area contributed by atoms with Gasteiger partial charge in [0.2, 0.25) is 0 Å². The van der Waals surface area contributed by atoms with Gasteiger partial charge in [-0.2, -0.15) is 0 Å². The molecule has 1 aliphatic rings. The van der Waals surface area contributed by atoms with E-state index in [0.717, 1.165) is 11.8 Å². The molecule has 0 radical (unpaired) electrons. The van der Waals surface area contributed by atoms with Gasteiger partial charge in [0, 0.05) is 6.04 Å². The second-order valence-corrected chi connectivity index (χ2v) is 5.19. The maximum Gasteiger partial charge on any atom is 0.00618 e. The van der Waals surface area contributed by atoms with Crippen LogP contribution < -0.4 is 5.32 Å². The van der Waals surface area contributed by atoms with Gasteiger partial charge in [-0.3, -0.25) is 0 Å². The van der Waals surface area contributed by atoms with Gasteiger partial charge in [-0.15, -0.1) is 0 Å². The molecule has 0 spiro atoms. The summed E-state index contributed by atoms with van der Waals surface area (Å²) in [5.74, 6) is 1.66. The Morgan fingerprint density at radius 2 is 1.79 bits per heavy atom. The van der Waals surface area contributed by atoms with Gasteiger partial charge in [-0.25, -0.2) is 0 Å². The fraction of sp³-hybridized carbons (Fsp3) is 1.00. The van der Waals surface area contributed by atoms with Crippen LogP contribution in [-0.2, 0) is 0 Å². The molecule has 1 rings (SSSR count). The van der Waals surface area contributed by atoms with Crippen molar-refractivity contribution in [3.63, 3.8) is 0 Å². The second-order valence-electron chi connectivity index (χ2n) is 5.19. The Balaban J connectivity index is 2.13. The second kappa shape index (κ2) is 5.72. The number of nitrogens with zero attached hydrogens (tertiary/aromatic N) is 1. The molecule has 1 saturated heterocycles. The highest BCUT2D eigenvalue weighted by Crippen LogP contribution is 2.15. The summed E-state index contributed by atoms with van der Waals surface area (Å²) in [4.78, 5) is 2.43. The molecule has 1 aliphatic heterocycles. The van der Waals surface area contributed by atoms with E-state index in [4.69, 9.17) is 0 Å². The summed E-state index contributed by atoms with van der Waals surface area (Å²) in [6.45, 7) is 10.6. The van der Waals surface area contributed by atoms with E-state index >= 15 is 0 Å². The van der Waals surface area contributed by atoms with Crippen molar-refractivity contribution in [3.8, 4) is 0 Å². The minimum atomic E-state index is 0.662. The topological polar surface area (TPSA) is 15.3 Å². The van der Waals surface area contributed by atoms with E-state index in [-0.39, 0.29) is 0 Å². The molecule has 1 N–H and O–H groups in total. The van der Waals surface area contributed by atoms with Gasteiger partial charge in [0.1, 0.15) is 0 Å². The number of hydrogen-bond acceptors (Lipinski definition) is 2. The Kier molecular flexibility index (Phi) is 4.90. The van der Waals surface area contributed by atoms with Gasteiger partial charge >= 0.3 is 0 Å². The third-order valence-electron chi connectivity index (χ3n) is 3.57. The third kappa shape index (κ3) is 3.97. The van der Waals surface area contributed by atoms with Gasteiger partial charge in [0.05, 0.1) is 0 Å². The van der Waals surface area contributed by atoms with Crippen molar-refractivity contribution in [2.45, 2.75) is 39.7 Å². The van der Waals surface area contributed by atoms with Crippen LogP contribution >= 0.6 is 0 Å². The summed E-state index contributed by atoms with van der Waals surface area (Å²) < 4.78 is 0. The van der Waals surface area contributed by atoms with Crippen molar-refractivity contribution in [3.05, 3.63) is 0 Å². The first-order chi connectivity index (χ1) is 6.59. The predicted octanol–water partition coefficient (Wildman–Crippen LogP) is 1.96. The van der Waals surface area contributed by atoms with Crippen molar-refractivity contribution in [1.29, 1.82) is 0 Å². The molecule has 2 nitrogen and oxygen atoms in total. The van der Waals surface area contributed by atoms with Gasteiger partial charge in [-0.1, -0.05) is 13.8 Å². The minimum absolute atomic E-state index is 0.662. The van der Waals surface area contributed by atoms with Crippen LogP contribution in [0.4, 0.5) is 0 Å². The molecule has 0 aromatic rings. The van der Waals surface area contributed by atoms with Crippen LogP contribution in [0.1, 0.15) is 33.6 Å². The van der Waals surface area contributed by atoms with E-state index in [9.17, 15) is 0 Å². The van der Waals surface area contributed by atoms with Gasteiger partial charge in [0.25, 0.3) is 0 Å². The van der Waals surface area contributed by atoms with Crippen molar-refractivity contribution < 1.29 is 0 Å². The van der Waals surface area contributed by atoms with Crippen molar-refractivity contribution in [1.82, 2.24) is 10.2 Å². The summed E-state index contributed by atoms with van der Waals surface area (Å²) in [7, 11) is 2.22. The number of likely N-dealkylation sites (tertiary alicyclic amines) is 1. The fourth-order valence-electron chi connectivity index (χ4n) is 1.85. The zero-order chi connectivity index (χ0) is 10.6. The van der Waals surface area contributed by atoms with Gasteiger partial charge < -0.3 is 10.2 Å². The normalized spacial score (nSPS) is 22.9. The van der Waals surface area contributed by atoms with Crippen molar-refractivity contribution in [2.24, 2.45) is 11.8 Å². The highest BCUT2D eigenvalue weighted by atomic mass is 15.1. The van der Waals surface area contributed by atoms with Crippen LogP contribution in [0.2, 0.25) is 0 Å². The van der Waals surface area contributed by atoms with Crippen LogP contribution in [-0.4, -0.2) is 37.6 Å². The Hall–Kier alpha value is -0.0800. The van der Waals surface area contributed by atoms with Crippen molar-refractivity contribution in [2.75, 3.05) is 26.7 Å². The lowest BCUT2D eigenvalue weighted by molar-refractivity contribution is 0.210.